The molecule has 0 aromatic heterocycles. The molecule has 2 rings (SSSR count). The molecule has 0 aliphatic heterocycles. The van der Waals surface area contributed by atoms with Gasteiger partial charge in [-0.2, -0.15) is 0 Å². The quantitative estimate of drug-likeness (QED) is 0.677. The number of ether oxygens (including phenoxy) is 1. The van der Waals surface area contributed by atoms with E-state index in [2.05, 4.69) is 0 Å². The Labute approximate surface area is 114 Å². The molecule has 0 unspecified atom stereocenters. The van der Waals surface area contributed by atoms with Crippen LogP contribution in [0.1, 0.15) is 29.8 Å². The van der Waals surface area contributed by atoms with Gasteiger partial charge in [0.15, 0.2) is 0 Å². The molecule has 0 aliphatic rings. The van der Waals surface area contributed by atoms with E-state index in [1.165, 1.54) is 0 Å². The summed E-state index contributed by atoms with van der Waals surface area (Å²) in [5.41, 5.74) is 7.03. The maximum Gasteiger partial charge on any atom is 0.343 e. The van der Waals surface area contributed by atoms with Gasteiger partial charge in [-0.3, -0.25) is 0 Å². The lowest BCUT2D eigenvalue weighted by atomic mass is 10.2. The molecule has 2 aromatic carbocycles. The number of esters is 1. The predicted molar refractivity (Wildman–Crippen MR) is 77.1 cm³/mol. The Hall–Kier alpha value is -2.13. The van der Waals surface area contributed by atoms with Crippen LogP contribution in [0.25, 0.3) is 0 Å². The Morgan fingerprint density at radius 2 is 1.58 bits per heavy atom. The van der Waals surface area contributed by atoms with Gasteiger partial charge in [-0.25, -0.2) is 4.79 Å². The highest BCUT2D eigenvalue weighted by Gasteiger charge is 2.06. The van der Waals surface area contributed by atoms with Crippen LogP contribution < -0.4 is 10.5 Å². The van der Waals surface area contributed by atoms with E-state index in [4.69, 9.17) is 10.5 Å². The molecule has 0 spiro atoms. The average Bonchev–Trinajstić information content (AvgIpc) is 2.51. The van der Waals surface area contributed by atoms with Crippen molar-refractivity contribution in [2.75, 3.05) is 0 Å². The van der Waals surface area contributed by atoms with Crippen LogP contribution in [0.4, 0.5) is 0 Å². The van der Waals surface area contributed by atoms with Gasteiger partial charge >= 0.3 is 5.97 Å². The molecule has 0 atom stereocenters. The normalized spacial score (nSPS) is 9.21. The lowest BCUT2D eigenvalue weighted by molar-refractivity contribution is 0.0734. The van der Waals surface area contributed by atoms with Gasteiger partial charge in [-0.15, -0.1) is 0 Å². The van der Waals surface area contributed by atoms with Crippen molar-refractivity contribution in [1.82, 2.24) is 0 Å². The number of carbonyl (C=O) groups excluding carboxylic acids is 1. The van der Waals surface area contributed by atoms with Crippen molar-refractivity contribution in [3.63, 3.8) is 0 Å². The summed E-state index contributed by atoms with van der Waals surface area (Å²) in [4.78, 5) is 11.7. The first-order chi connectivity index (χ1) is 9.29. The predicted octanol–water partition coefficient (Wildman–Crippen LogP) is 3.39. The summed E-state index contributed by atoms with van der Waals surface area (Å²) in [5, 5.41) is 0. The molecule has 0 fully saturated rings. The molecule has 2 aromatic rings. The molecule has 0 heterocycles. The van der Waals surface area contributed by atoms with E-state index in [0.29, 0.717) is 17.9 Å². The van der Waals surface area contributed by atoms with Crippen molar-refractivity contribution in [2.45, 2.75) is 20.4 Å². The van der Waals surface area contributed by atoms with E-state index >= 15 is 0 Å². The van der Waals surface area contributed by atoms with Gasteiger partial charge in [0.05, 0.1) is 5.56 Å². The van der Waals surface area contributed by atoms with Gasteiger partial charge in [-0.1, -0.05) is 44.2 Å². The third-order valence-corrected chi connectivity index (χ3v) is 2.38. The zero-order valence-corrected chi connectivity index (χ0v) is 11.3. The van der Waals surface area contributed by atoms with Gasteiger partial charge in [0.2, 0.25) is 0 Å². The molecule has 3 heteroatoms. The second-order valence-corrected chi connectivity index (χ2v) is 3.60. The fourth-order valence-corrected chi connectivity index (χ4v) is 1.43. The second-order valence-electron chi connectivity index (χ2n) is 3.60. The van der Waals surface area contributed by atoms with Crippen LogP contribution in [0.2, 0.25) is 0 Å². The van der Waals surface area contributed by atoms with Crippen molar-refractivity contribution in [3.05, 3.63) is 65.7 Å². The minimum Gasteiger partial charge on any atom is -0.423 e. The van der Waals surface area contributed by atoms with Crippen molar-refractivity contribution < 1.29 is 9.53 Å². The lowest BCUT2D eigenvalue weighted by Crippen LogP contribution is -2.08. The largest absolute Gasteiger partial charge is 0.423 e. The van der Waals surface area contributed by atoms with E-state index in [1.54, 1.807) is 36.4 Å². The van der Waals surface area contributed by atoms with Crippen molar-refractivity contribution >= 4 is 5.97 Å². The van der Waals surface area contributed by atoms with Crippen LogP contribution in [0.5, 0.6) is 5.75 Å². The van der Waals surface area contributed by atoms with Gasteiger partial charge < -0.3 is 10.5 Å². The van der Waals surface area contributed by atoms with Crippen LogP contribution in [0.15, 0.2) is 54.6 Å². The number of benzene rings is 2. The Bertz CT molecular complexity index is 492. The summed E-state index contributed by atoms with van der Waals surface area (Å²) >= 11 is 0. The zero-order valence-electron chi connectivity index (χ0n) is 11.3. The van der Waals surface area contributed by atoms with E-state index in [-0.39, 0.29) is 5.97 Å². The summed E-state index contributed by atoms with van der Waals surface area (Å²) in [6, 6.07) is 16.1. The SMILES string of the molecule is CC.NCc1ccc(OC(=O)c2ccccc2)cc1. The van der Waals surface area contributed by atoms with Gasteiger partial charge in [0.1, 0.15) is 5.75 Å². The Kier molecular flexibility index (Phi) is 6.33. The highest BCUT2D eigenvalue weighted by Crippen LogP contribution is 2.13. The third kappa shape index (κ3) is 4.56. The monoisotopic (exact) mass is 257 g/mol. The number of rotatable bonds is 3. The van der Waals surface area contributed by atoms with Crippen LogP contribution in [0.3, 0.4) is 0 Å². The van der Waals surface area contributed by atoms with E-state index in [0.717, 1.165) is 5.56 Å². The number of hydrogen-bond donors (Lipinski definition) is 1. The molecule has 100 valence electrons. The van der Waals surface area contributed by atoms with Crippen LogP contribution >= 0.6 is 0 Å². The number of carbonyl (C=O) groups is 1. The fourth-order valence-electron chi connectivity index (χ4n) is 1.43. The molecule has 0 bridgehead atoms. The Balaban J connectivity index is 0.000000861. The molecule has 0 saturated heterocycles. The highest BCUT2D eigenvalue weighted by molar-refractivity contribution is 5.90. The van der Waals surface area contributed by atoms with Crippen molar-refractivity contribution in [3.8, 4) is 5.75 Å². The zero-order chi connectivity index (χ0) is 14.1. The van der Waals surface area contributed by atoms with Crippen molar-refractivity contribution in [1.29, 1.82) is 0 Å². The molecular formula is C16H19NO2. The Morgan fingerprint density at radius 1 is 1.00 bits per heavy atom. The highest BCUT2D eigenvalue weighted by atomic mass is 16.5. The lowest BCUT2D eigenvalue weighted by Gasteiger charge is -2.04. The molecule has 3 nitrogen and oxygen atoms in total. The fraction of sp³-hybridized carbons (Fsp3) is 0.188. The summed E-state index contributed by atoms with van der Waals surface area (Å²) in [6.07, 6.45) is 0. The number of nitrogens with two attached hydrogens (primary N) is 1. The average molecular weight is 257 g/mol. The number of hydrogen-bond acceptors (Lipinski definition) is 3. The van der Waals surface area contributed by atoms with Crippen molar-refractivity contribution in [2.24, 2.45) is 5.73 Å². The third-order valence-electron chi connectivity index (χ3n) is 2.38. The first kappa shape index (κ1) is 14.9. The van der Waals surface area contributed by atoms with Crippen LogP contribution in [-0.2, 0) is 6.54 Å². The topological polar surface area (TPSA) is 52.3 Å². The van der Waals surface area contributed by atoms with E-state index in [1.807, 2.05) is 32.0 Å². The van der Waals surface area contributed by atoms with E-state index < -0.39 is 0 Å². The Morgan fingerprint density at radius 3 is 2.11 bits per heavy atom. The first-order valence-electron chi connectivity index (χ1n) is 6.36. The van der Waals surface area contributed by atoms with Crippen LogP contribution in [-0.4, -0.2) is 5.97 Å². The summed E-state index contributed by atoms with van der Waals surface area (Å²) in [6.45, 7) is 4.48. The maximum absolute atomic E-state index is 11.7. The molecule has 0 saturated carbocycles. The minimum absolute atomic E-state index is 0.355. The standard InChI is InChI=1S/C14H13NO2.C2H6/c15-10-11-6-8-13(9-7-11)17-14(16)12-4-2-1-3-5-12;1-2/h1-9H,10,15H2;1-2H3. The van der Waals surface area contributed by atoms with Gasteiger partial charge in [0, 0.05) is 6.54 Å². The maximum atomic E-state index is 11.7. The summed E-state index contributed by atoms with van der Waals surface area (Å²) < 4.78 is 5.22. The van der Waals surface area contributed by atoms with Gasteiger partial charge in [0.25, 0.3) is 0 Å². The second kappa shape index (κ2) is 8.06. The molecule has 0 radical (unpaired) electrons. The first-order valence-corrected chi connectivity index (χ1v) is 6.36. The van der Waals surface area contributed by atoms with E-state index in [9.17, 15) is 4.79 Å². The molecule has 2 N–H and O–H groups in total. The molecular weight excluding hydrogens is 238 g/mol. The summed E-state index contributed by atoms with van der Waals surface area (Å²) in [7, 11) is 0. The smallest absolute Gasteiger partial charge is 0.343 e. The summed E-state index contributed by atoms with van der Waals surface area (Å²) in [5.74, 6) is 0.169. The minimum atomic E-state index is -0.355. The molecule has 0 aliphatic carbocycles. The van der Waals surface area contributed by atoms with Crippen LogP contribution in [0, 0.1) is 0 Å². The molecule has 0 amide bonds. The van der Waals surface area contributed by atoms with Gasteiger partial charge in [-0.05, 0) is 29.8 Å². The molecule has 19 heavy (non-hydrogen) atoms.